The number of halogens is 3. The van der Waals surface area contributed by atoms with Crippen molar-refractivity contribution in [3.05, 3.63) is 53.6 Å². The molecule has 0 saturated carbocycles. The van der Waals surface area contributed by atoms with E-state index in [2.05, 4.69) is 32.2 Å². The first-order chi connectivity index (χ1) is 14.7. The minimum atomic E-state index is -4.69. The number of hydrogen-bond acceptors (Lipinski definition) is 5. The fourth-order valence-corrected chi connectivity index (χ4v) is 3.19. The number of rotatable bonds is 4. The molecular formula is C21H23F3N4O3. The van der Waals surface area contributed by atoms with Crippen molar-refractivity contribution in [1.82, 2.24) is 4.90 Å². The lowest BCUT2D eigenvalue weighted by Gasteiger charge is -2.34. The summed E-state index contributed by atoms with van der Waals surface area (Å²) in [7, 11) is 3.15. The smallest absolute Gasteiger partial charge is 0.416 e. The lowest BCUT2D eigenvalue weighted by atomic mass is 10.1. The van der Waals surface area contributed by atoms with Gasteiger partial charge in [0.15, 0.2) is 0 Å². The van der Waals surface area contributed by atoms with Gasteiger partial charge in [0.2, 0.25) is 0 Å². The van der Waals surface area contributed by atoms with Crippen molar-refractivity contribution in [1.29, 1.82) is 0 Å². The number of piperazine rings is 1. The van der Waals surface area contributed by atoms with Crippen molar-refractivity contribution in [2.45, 2.75) is 6.18 Å². The van der Waals surface area contributed by atoms with E-state index in [4.69, 9.17) is 0 Å². The molecule has 1 aliphatic rings. The second kappa shape index (κ2) is 9.25. The number of carbonyl (C=O) groups excluding carboxylic acids is 2. The van der Waals surface area contributed by atoms with Crippen LogP contribution in [0, 0.1) is 0 Å². The Bertz CT molecular complexity index is 940. The summed E-state index contributed by atoms with van der Waals surface area (Å²) in [4.78, 5) is 28.4. The molecule has 1 aliphatic heterocycles. The molecular weight excluding hydrogens is 413 g/mol. The van der Waals surface area contributed by atoms with Crippen LogP contribution in [0.5, 0.6) is 0 Å². The quantitative estimate of drug-likeness (QED) is 0.761. The fraction of sp³-hybridized carbons (Fsp3) is 0.333. The Kier molecular flexibility index (Phi) is 6.69. The Labute approximate surface area is 177 Å². The summed E-state index contributed by atoms with van der Waals surface area (Å²) in [5.41, 5.74) is -0.0453. The van der Waals surface area contributed by atoms with Crippen molar-refractivity contribution >= 4 is 29.1 Å². The van der Waals surface area contributed by atoms with Crippen molar-refractivity contribution < 1.29 is 27.5 Å². The zero-order valence-corrected chi connectivity index (χ0v) is 17.1. The van der Waals surface area contributed by atoms with Gasteiger partial charge in [-0.25, -0.2) is 4.79 Å². The summed E-state index contributed by atoms with van der Waals surface area (Å²) in [6, 6.07) is 9.74. The van der Waals surface area contributed by atoms with Gasteiger partial charge in [-0.1, -0.05) is 0 Å². The molecule has 31 heavy (non-hydrogen) atoms. The number of methoxy groups -OCH3 is 1. The molecule has 2 N–H and O–H groups in total. The summed E-state index contributed by atoms with van der Waals surface area (Å²) in [5, 5.41) is 4.75. The highest BCUT2D eigenvalue weighted by molar-refractivity contribution is 6.05. The second-order valence-electron chi connectivity index (χ2n) is 7.20. The van der Waals surface area contributed by atoms with Gasteiger partial charge in [-0.2, -0.15) is 13.2 Å². The molecule has 7 nitrogen and oxygen atoms in total. The highest BCUT2D eigenvalue weighted by atomic mass is 19.4. The molecule has 166 valence electrons. The van der Waals surface area contributed by atoms with Gasteiger partial charge in [-0.3, -0.25) is 10.1 Å². The Hall–Kier alpha value is -3.27. The van der Waals surface area contributed by atoms with E-state index in [1.54, 1.807) is 12.1 Å². The average molecular weight is 436 g/mol. The maximum Gasteiger partial charge on any atom is 0.416 e. The first-order valence-corrected chi connectivity index (χ1v) is 9.58. The van der Waals surface area contributed by atoms with Crippen molar-refractivity contribution in [2.75, 3.05) is 55.9 Å². The summed E-state index contributed by atoms with van der Waals surface area (Å²) >= 11 is 0. The minimum Gasteiger partial charge on any atom is -0.453 e. The number of carbonyl (C=O) groups is 2. The number of likely N-dealkylation sites (N-methyl/N-ethyl adjacent to an activating group) is 1. The molecule has 2 amide bonds. The maximum absolute atomic E-state index is 13.2. The number of anilines is 3. The van der Waals surface area contributed by atoms with Gasteiger partial charge < -0.3 is 19.9 Å². The van der Waals surface area contributed by atoms with E-state index in [-0.39, 0.29) is 11.3 Å². The molecule has 0 unspecified atom stereocenters. The summed E-state index contributed by atoms with van der Waals surface area (Å²) in [5.74, 6) is -0.730. The van der Waals surface area contributed by atoms with E-state index in [9.17, 15) is 22.8 Å². The lowest BCUT2D eigenvalue weighted by Crippen LogP contribution is -2.44. The molecule has 0 atom stereocenters. The van der Waals surface area contributed by atoms with Gasteiger partial charge in [0.05, 0.1) is 12.7 Å². The van der Waals surface area contributed by atoms with Gasteiger partial charge in [0.25, 0.3) is 5.91 Å². The highest BCUT2D eigenvalue weighted by Gasteiger charge is 2.32. The summed E-state index contributed by atoms with van der Waals surface area (Å²) < 4.78 is 44.1. The number of ether oxygens (including phenoxy) is 1. The third-order valence-corrected chi connectivity index (χ3v) is 4.95. The third kappa shape index (κ3) is 5.88. The Morgan fingerprint density at radius 1 is 0.935 bits per heavy atom. The fourth-order valence-electron chi connectivity index (χ4n) is 3.19. The van der Waals surface area contributed by atoms with E-state index >= 15 is 0 Å². The molecule has 0 aromatic heterocycles. The number of nitrogens with zero attached hydrogens (tertiary/aromatic N) is 2. The number of benzene rings is 2. The molecule has 0 spiro atoms. The minimum absolute atomic E-state index is 0.197. The molecule has 10 heteroatoms. The maximum atomic E-state index is 13.2. The van der Waals surface area contributed by atoms with E-state index in [0.29, 0.717) is 5.69 Å². The first-order valence-electron chi connectivity index (χ1n) is 9.58. The molecule has 0 bridgehead atoms. The van der Waals surface area contributed by atoms with Gasteiger partial charge in [-0.05, 0) is 49.5 Å². The molecule has 0 aliphatic carbocycles. The number of alkyl halides is 3. The average Bonchev–Trinajstić information content (AvgIpc) is 2.74. The van der Waals surface area contributed by atoms with Crippen LogP contribution in [0.25, 0.3) is 0 Å². The van der Waals surface area contributed by atoms with E-state index in [1.807, 2.05) is 12.1 Å². The number of amides is 2. The Morgan fingerprint density at radius 3 is 2.16 bits per heavy atom. The molecule has 2 aromatic carbocycles. The van der Waals surface area contributed by atoms with Crippen LogP contribution in [0.1, 0.15) is 15.9 Å². The van der Waals surface area contributed by atoms with E-state index in [1.165, 1.54) is 0 Å². The second-order valence-corrected chi connectivity index (χ2v) is 7.20. The van der Waals surface area contributed by atoms with Crippen LogP contribution in [-0.2, 0) is 10.9 Å². The van der Waals surface area contributed by atoms with Gasteiger partial charge in [0, 0.05) is 48.8 Å². The molecule has 1 heterocycles. The van der Waals surface area contributed by atoms with Crippen molar-refractivity contribution in [3.63, 3.8) is 0 Å². The predicted molar refractivity (Wildman–Crippen MR) is 112 cm³/mol. The Balaban J connectivity index is 1.76. The molecule has 1 saturated heterocycles. The first kappa shape index (κ1) is 22.4. The number of nitrogens with one attached hydrogen (secondary N) is 2. The predicted octanol–water partition coefficient (Wildman–Crippen LogP) is 3.89. The summed E-state index contributed by atoms with van der Waals surface area (Å²) in [6.45, 7) is 3.69. The van der Waals surface area contributed by atoms with E-state index in [0.717, 1.165) is 57.2 Å². The van der Waals surface area contributed by atoms with Crippen LogP contribution in [0.4, 0.5) is 35.0 Å². The standard InChI is InChI=1S/C21H23F3N4O3/c1-27-7-9-28(10-8-27)18-5-3-16(4-6-18)25-19(29)14-11-15(21(22,23)24)13-17(12-14)26-20(30)31-2/h3-6,11-13H,7-10H2,1-2H3,(H,25,29)(H,26,30). The highest BCUT2D eigenvalue weighted by Crippen LogP contribution is 2.32. The molecule has 2 aromatic rings. The van der Waals surface area contributed by atoms with Crippen LogP contribution < -0.4 is 15.5 Å². The summed E-state index contributed by atoms with van der Waals surface area (Å²) in [6.07, 6.45) is -5.63. The zero-order valence-electron chi connectivity index (χ0n) is 17.1. The lowest BCUT2D eigenvalue weighted by molar-refractivity contribution is -0.137. The van der Waals surface area contributed by atoms with Crippen LogP contribution >= 0.6 is 0 Å². The van der Waals surface area contributed by atoms with Gasteiger partial charge >= 0.3 is 12.3 Å². The van der Waals surface area contributed by atoms with Gasteiger partial charge in [-0.15, -0.1) is 0 Å². The van der Waals surface area contributed by atoms with Gasteiger partial charge in [0.1, 0.15) is 0 Å². The zero-order chi connectivity index (χ0) is 22.6. The van der Waals surface area contributed by atoms with Crippen LogP contribution in [0.15, 0.2) is 42.5 Å². The Morgan fingerprint density at radius 2 is 1.58 bits per heavy atom. The third-order valence-electron chi connectivity index (χ3n) is 4.95. The normalized spacial score (nSPS) is 14.8. The van der Waals surface area contributed by atoms with Crippen LogP contribution in [-0.4, -0.2) is 57.2 Å². The topological polar surface area (TPSA) is 73.9 Å². The van der Waals surface area contributed by atoms with Crippen LogP contribution in [0.2, 0.25) is 0 Å². The molecule has 1 fully saturated rings. The molecule has 3 rings (SSSR count). The van der Waals surface area contributed by atoms with Crippen molar-refractivity contribution in [2.24, 2.45) is 0 Å². The monoisotopic (exact) mass is 436 g/mol. The number of hydrogen-bond donors (Lipinski definition) is 2. The van der Waals surface area contributed by atoms with E-state index < -0.39 is 23.7 Å². The van der Waals surface area contributed by atoms with Crippen molar-refractivity contribution in [3.8, 4) is 0 Å². The SMILES string of the molecule is COC(=O)Nc1cc(C(=O)Nc2ccc(N3CCN(C)CC3)cc2)cc(C(F)(F)F)c1. The largest absolute Gasteiger partial charge is 0.453 e. The molecule has 0 radical (unpaired) electrons. The van der Waals surface area contributed by atoms with Crippen LogP contribution in [0.3, 0.4) is 0 Å².